The molecule has 2 atom stereocenters. The molecule has 0 bridgehead atoms. The van der Waals surface area contributed by atoms with Gasteiger partial charge in [-0.3, -0.25) is 0 Å². The number of carboxylic acid groups (broad SMARTS) is 2. The van der Waals surface area contributed by atoms with Crippen LogP contribution in [0.4, 0.5) is 0 Å². The summed E-state index contributed by atoms with van der Waals surface area (Å²) < 4.78 is 0. The maximum absolute atomic E-state index is 9.77. The number of hydrogen-bond donors (Lipinski definition) is 5. The normalized spacial score (nSPS) is 12.2. The average molecular weight is 247 g/mol. The van der Waals surface area contributed by atoms with Crippen molar-refractivity contribution in [2.45, 2.75) is 12.2 Å². The zero-order chi connectivity index (χ0) is 8.31. The predicted octanol–water partition coefficient (Wildman–Crippen LogP) is -3.26. The molecule has 0 fully saturated rings. The second-order valence-corrected chi connectivity index (χ2v) is 1.57. The quantitative estimate of drug-likeness (QED) is 0.328. The van der Waals surface area contributed by atoms with Gasteiger partial charge in [0.2, 0.25) is 0 Å². The van der Waals surface area contributed by atoms with E-state index < -0.39 is 24.1 Å². The van der Waals surface area contributed by atoms with Gasteiger partial charge in [-0.05, 0) is 0 Å². The first-order chi connectivity index (χ1) is 4.46. The summed E-state index contributed by atoms with van der Waals surface area (Å²) in [7, 11) is 0. The number of carboxylic acids is 2. The summed E-state index contributed by atoms with van der Waals surface area (Å²) in [6, 6.07) is 0. The molecule has 0 aliphatic rings. The summed E-state index contributed by atoms with van der Waals surface area (Å²) in [5.41, 5.74) is 0. The van der Waals surface area contributed by atoms with Crippen molar-refractivity contribution in [2.24, 2.45) is 0 Å². The minimum absolute atomic E-state index is 0. The van der Waals surface area contributed by atoms with Crippen LogP contribution in [0, 0.1) is 0 Å². The van der Waals surface area contributed by atoms with E-state index in [0.29, 0.717) is 0 Å². The third kappa shape index (κ3) is 10.4. The fourth-order valence-corrected chi connectivity index (χ4v) is 0.270. The molecular weight excluding hydrogens is 236 g/mol. The number of carbonyl (C=O) groups is 2. The first-order valence-electron chi connectivity index (χ1n) is 2.28. The molecule has 7 nitrogen and oxygen atoms in total. The van der Waals surface area contributed by atoms with Gasteiger partial charge in [-0.1, -0.05) is 0 Å². The van der Waals surface area contributed by atoms with Crippen molar-refractivity contribution in [1.29, 1.82) is 0 Å². The second-order valence-electron chi connectivity index (χ2n) is 1.57. The summed E-state index contributed by atoms with van der Waals surface area (Å²) in [5, 5.41) is 32.5. The van der Waals surface area contributed by atoms with E-state index in [4.69, 9.17) is 20.4 Å². The van der Waals surface area contributed by atoms with Crippen LogP contribution in [0.5, 0.6) is 0 Å². The van der Waals surface area contributed by atoms with Gasteiger partial charge in [0.25, 0.3) is 0 Å². The molecule has 2 unspecified atom stereocenters. The van der Waals surface area contributed by atoms with E-state index in [2.05, 4.69) is 0 Å². The molecule has 70 valence electrons. The Labute approximate surface area is 159 Å². The zero-order valence-corrected chi connectivity index (χ0v) is 5.47. The second kappa shape index (κ2) is 12.2. The molecule has 0 saturated heterocycles. The van der Waals surface area contributed by atoms with Gasteiger partial charge < -0.3 is 26.6 Å². The molecule has 0 aromatic rings. The molecule has 0 aromatic heterocycles. The van der Waals surface area contributed by atoms with Crippen molar-refractivity contribution >= 4 is 115 Å². The molecule has 0 saturated carbocycles. The molecule has 0 aliphatic heterocycles. The van der Waals surface area contributed by atoms with Crippen LogP contribution in [0.1, 0.15) is 0 Å². The van der Waals surface area contributed by atoms with Crippen LogP contribution in [0.15, 0.2) is 0 Å². The van der Waals surface area contributed by atoms with Crippen LogP contribution in [-0.2, 0) is 9.59 Å². The molecule has 9 heteroatoms. The SMILES string of the molecule is N.O=C(O)C(O)C(O)C(=O)O.[KH].[KH]. The van der Waals surface area contributed by atoms with E-state index in [1.807, 2.05) is 0 Å². The maximum atomic E-state index is 9.77. The fourth-order valence-electron chi connectivity index (χ4n) is 0.270. The number of hydrogen-bond acceptors (Lipinski definition) is 5. The Morgan fingerprint density at radius 2 is 1.00 bits per heavy atom. The summed E-state index contributed by atoms with van der Waals surface area (Å²) >= 11 is 0. The van der Waals surface area contributed by atoms with E-state index in [1.54, 1.807) is 0 Å². The van der Waals surface area contributed by atoms with Crippen LogP contribution in [0.25, 0.3) is 0 Å². The van der Waals surface area contributed by atoms with E-state index in [1.165, 1.54) is 0 Å². The molecule has 13 heavy (non-hydrogen) atoms. The van der Waals surface area contributed by atoms with E-state index in [9.17, 15) is 9.59 Å². The van der Waals surface area contributed by atoms with Crippen molar-refractivity contribution < 1.29 is 30.0 Å². The topological polar surface area (TPSA) is 150 Å². The molecule has 0 heterocycles. The van der Waals surface area contributed by atoms with Gasteiger partial charge in [0.05, 0.1) is 0 Å². The van der Waals surface area contributed by atoms with Gasteiger partial charge in [-0.2, -0.15) is 0 Å². The average Bonchev–Trinajstić information content (AvgIpc) is 1.84. The molecule has 0 rings (SSSR count). The Balaban J connectivity index is -0.000000135. The number of aliphatic hydroxyl groups is 2. The van der Waals surface area contributed by atoms with Gasteiger partial charge in [0.15, 0.2) is 12.2 Å². The van der Waals surface area contributed by atoms with E-state index >= 15 is 0 Å². The summed E-state index contributed by atoms with van der Waals surface area (Å²) in [6.07, 6.45) is -4.53. The third-order valence-corrected chi connectivity index (χ3v) is 0.805. The number of aliphatic carboxylic acids is 2. The molecule has 0 spiro atoms. The Morgan fingerprint density at radius 1 is 0.846 bits per heavy atom. The number of rotatable bonds is 3. The zero-order valence-electron chi connectivity index (χ0n) is 5.47. The van der Waals surface area contributed by atoms with Gasteiger partial charge in [0.1, 0.15) is 0 Å². The molecular formula is C4H11K2NO6. The predicted molar refractivity (Wildman–Crippen MR) is 46.6 cm³/mol. The number of aliphatic hydroxyl groups excluding tert-OH is 2. The van der Waals surface area contributed by atoms with Crippen LogP contribution < -0.4 is 6.15 Å². The van der Waals surface area contributed by atoms with Gasteiger partial charge in [0, 0.05) is 0 Å². The Kier molecular flexibility index (Phi) is 22.8. The Bertz CT molecular complexity index is 147. The Hall–Kier alpha value is 2.09. The van der Waals surface area contributed by atoms with Crippen LogP contribution in [0.3, 0.4) is 0 Å². The summed E-state index contributed by atoms with van der Waals surface area (Å²) in [4.78, 5) is 19.5. The molecule has 0 aromatic carbocycles. The van der Waals surface area contributed by atoms with Gasteiger partial charge in [-0.25, -0.2) is 9.59 Å². The van der Waals surface area contributed by atoms with E-state index in [0.717, 1.165) is 0 Å². The monoisotopic (exact) mass is 247 g/mol. The van der Waals surface area contributed by atoms with Crippen molar-refractivity contribution in [2.75, 3.05) is 0 Å². The van der Waals surface area contributed by atoms with Gasteiger partial charge >= 0.3 is 115 Å². The van der Waals surface area contributed by atoms with Crippen molar-refractivity contribution in [1.82, 2.24) is 6.15 Å². The minimum atomic E-state index is -2.27. The molecule has 0 aliphatic carbocycles. The van der Waals surface area contributed by atoms with Crippen molar-refractivity contribution in [3.63, 3.8) is 0 Å². The summed E-state index contributed by atoms with van der Waals surface area (Å²) in [5.74, 6) is -3.54. The molecule has 0 radical (unpaired) electrons. The third-order valence-electron chi connectivity index (χ3n) is 0.805. The van der Waals surface area contributed by atoms with Crippen molar-refractivity contribution in [3.05, 3.63) is 0 Å². The van der Waals surface area contributed by atoms with Crippen LogP contribution in [0.2, 0.25) is 0 Å². The fraction of sp³-hybridized carbons (Fsp3) is 0.500. The van der Waals surface area contributed by atoms with Crippen LogP contribution >= 0.6 is 0 Å². The van der Waals surface area contributed by atoms with Crippen LogP contribution in [-0.4, -0.2) is 147 Å². The first-order valence-corrected chi connectivity index (χ1v) is 2.28. The van der Waals surface area contributed by atoms with Crippen molar-refractivity contribution in [3.8, 4) is 0 Å². The standard InChI is InChI=1S/C4H6O6.2K.H3N.2H/c5-1(3(7)8)2(6)4(9)10;;;;;/h1-2,5-6H,(H,7,8)(H,9,10);;;1H3;;. The first kappa shape index (κ1) is 24.4. The van der Waals surface area contributed by atoms with E-state index in [-0.39, 0.29) is 109 Å². The Morgan fingerprint density at radius 3 is 1.08 bits per heavy atom. The molecule has 7 N–H and O–H groups in total. The molecule has 0 amide bonds. The van der Waals surface area contributed by atoms with Gasteiger partial charge in [-0.15, -0.1) is 0 Å². The summed E-state index contributed by atoms with van der Waals surface area (Å²) in [6.45, 7) is 0.